The van der Waals surface area contributed by atoms with Crippen LogP contribution < -0.4 is 0 Å². The normalized spacial score (nSPS) is 11.6. The van der Waals surface area contributed by atoms with Crippen molar-refractivity contribution in [3.05, 3.63) is 35.4 Å². The minimum atomic E-state index is -0.495. The second kappa shape index (κ2) is 8.18. The van der Waals surface area contributed by atoms with Gasteiger partial charge in [-0.1, -0.05) is 38.1 Å². The third-order valence-electron chi connectivity index (χ3n) is 3.00. The van der Waals surface area contributed by atoms with Gasteiger partial charge in [-0.2, -0.15) is 0 Å². The molecule has 0 aliphatic rings. The Hall–Kier alpha value is -1.55. The molecule has 1 rings (SSSR count). The van der Waals surface area contributed by atoms with E-state index < -0.39 is 5.60 Å². The van der Waals surface area contributed by atoms with E-state index >= 15 is 0 Å². The van der Waals surface area contributed by atoms with E-state index in [9.17, 15) is 4.79 Å². The van der Waals surface area contributed by atoms with E-state index in [1.54, 1.807) is 4.90 Å². The Bertz CT molecular complexity index is 477. The SMILES string of the molecule is CC(C)CN(Cc1cccc(CCO)c1)C(=O)OC(C)(C)C. The molecule has 0 aromatic heterocycles. The van der Waals surface area contributed by atoms with E-state index in [1.807, 2.05) is 45.0 Å². The zero-order chi connectivity index (χ0) is 16.8. The predicted molar refractivity (Wildman–Crippen MR) is 88.7 cm³/mol. The molecule has 124 valence electrons. The van der Waals surface area contributed by atoms with Gasteiger partial charge in [0.1, 0.15) is 5.60 Å². The van der Waals surface area contributed by atoms with Gasteiger partial charge in [0.05, 0.1) is 0 Å². The van der Waals surface area contributed by atoms with Gasteiger partial charge in [0.25, 0.3) is 0 Å². The fourth-order valence-electron chi connectivity index (χ4n) is 2.20. The molecule has 0 heterocycles. The number of carbonyl (C=O) groups excluding carboxylic acids is 1. The molecule has 1 amide bonds. The van der Waals surface area contributed by atoms with Gasteiger partial charge in [-0.3, -0.25) is 0 Å². The topological polar surface area (TPSA) is 49.8 Å². The van der Waals surface area contributed by atoms with Crippen molar-refractivity contribution < 1.29 is 14.6 Å². The van der Waals surface area contributed by atoms with Crippen molar-refractivity contribution in [2.45, 2.75) is 53.2 Å². The van der Waals surface area contributed by atoms with Gasteiger partial charge in [0.2, 0.25) is 0 Å². The fourth-order valence-corrected chi connectivity index (χ4v) is 2.20. The van der Waals surface area contributed by atoms with Gasteiger partial charge in [-0.15, -0.1) is 0 Å². The monoisotopic (exact) mass is 307 g/mol. The van der Waals surface area contributed by atoms with Crippen molar-refractivity contribution in [2.75, 3.05) is 13.2 Å². The summed E-state index contributed by atoms with van der Waals surface area (Å²) in [7, 11) is 0. The second-order valence-corrected chi connectivity index (χ2v) is 7.05. The minimum absolute atomic E-state index is 0.130. The van der Waals surface area contributed by atoms with Crippen LogP contribution in [0.15, 0.2) is 24.3 Å². The molecule has 0 fully saturated rings. The maximum atomic E-state index is 12.4. The zero-order valence-corrected chi connectivity index (χ0v) is 14.4. The standard InChI is InChI=1S/C18H29NO3/c1-14(2)12-19(17(21)22-18(3,4)5)13-16-8-6-7-15(11-16)9-10-20/h6-8,11,14,20H,9-10,12-13H2,1-5H3. The molecule has 22 heavy (non-hydrogen) atoms. The first kappa shape index (κ1) is 18.5. The Kier molecular flexibility index (Phi) is 6.88. The van der Waals surface area contributed by atoms with Gasteiger partial charge in [-0.05, 0) is 44.2 Å². The number of carbonyl (C=O) groups is 1. The Morgan fingerprint density at radius 2 is 1.91 bits per heavy atom. The minimum Gasteiger partial charge on any atom is -0.444 e. The zero-order valence-electron chi connectivity index (χ0n) is 14.4. The predicted octanol–water partition coefficient (Wildman–Crippen LogP) is 3.61. The highest BCUT2D eigenvalue weighted by Gasteiger charge is 2.22. The summed E-state index contributed by atoms with van der Waals surface area (Å²) in [5.41, 5.74) is 1.64. The van der Waals surface area contributed by atoms with Gasteiger partial charge in [0.15, 0.2) is 0 Å². The first-order chi connectivity index (χ1) is 10.2. The second-order valence-electron chi connectivity index (χ2n) is 7.05. The number of nitrogens with zero attached hydrogens (tertiary/aromatic N) is 1. The van der Waals surface area contributed by atoms with Gasteiger partial charge in [0, 0.05) is 19.7 Å². The third kappa shape index (κ3) is 6.94. The molecule has 0 saturated carbocycles. The molecule has 0 bridgehead atoms. The number of hydrogen-bond donors (Lipinski definition) is 1. The summed E-state index contributed by atoms with van der Waals surface area (Å²) in [6.45, 7) is 11.1. The number of benzene rings is 1. The lowest BCUT2D eigenvalue weighted by molar-refractivity contribution is 0.0211. The molecule has 0 spiro atoms. The van der Waals surface area contributed by atoms with Crippen molar-refractivity contribution in [1.29, 1.82) is 0 Å². The molecule has 0 atom stereocenters. The lowest BCUT2D eigenvalue weighted by atomic mass is 10.1. The number of amides is 1. The molecule has 4 heteroatoms. The summed E-state index contributed by atoms with van der Waals surface area (Å²) in [4.78, 5) is 14.1. The molecule has 1 aromatic rings. The largest absolute Gasteiger partial charge is 0.444 e. The van der Waals surface area contributed by atoms with Crippen molar-refractivity contribution in [1.82, 2.24) is 4.90 Å². The summed E-state index contributed by atoms with van der Waals surface area (Å²) >= 11 is 0. The van der Waals surface area contributed by atoms with E-state index in [4.69, 9.17) is 9.84 Å². The van der Waals surface area contributed by atoms with Gasteiger partial charge < -0.3 is 14.7 Å². The molecule has 0 saturated heterocycles. The molecule has 0 unspecified atom stereocenters. The van der Waals surface area contributed by atoms with Crippen LogP contribution in [-0.4, -0.2) is 34.9 Å². The maximum Gasteiger partial charge on any atom is 0.410 e. The molecule has 0 radical (unpaired) electrons. The number of hydrogen-bond acceptors (Lipinski definition) is 3. The first-order valence-electron chi connectivity index (χ1n) is 7.88. The number of rotatable bonds is 6. The van der Waals surface area contributed by atoms with Gasteiger partial charge in [-0.25, -0.2) is 4.79 Å². The van der Waals surface area contributed by atoms with Crippen LogP contribution >= 0.6 is 0 Å². The van der Waals surface area contributed by atoms with Crippen LogP contribution in [0.2, 0.25) is 0 Å². The van der Waals surface area contributed by atoms with E-state index in [1.165, 1.54) is 0 Å². The average molecular weight is 307 g/mol. The Morgan fingerprint density at radius 1 is 1.27 bits per heavy atom. The Labute approximate surface area is 134 Å². The van der Waals surface area contributed by atoms with Crippen LogP contribution in [0, 0.1) is 5.92 Å². The number of aliphatic hydroxyl groups is 1. The average Bonchev–Trinajstić information content (AvgIpc) is 2.36. The van der Waals surface area contributed by atoms with Crippen molar-refractivity contribution in [3.63, 3.8) is 0 Å². The molecular weight excluding hydrogens is 278 g/mol. The Balaban J connectivity index is 2.84. The highest BCUT2D eigenvalue weighted by Crippen LogP contribution is 2.15. The fraction of sp³-hybridized carbons (Fsp3) is 0.611. The summed E-state index contributed by atoms with van der Waals surface area (Å²) in [5, 5.41) is 9.04. The maximum absolute atomic E-state index is 12.4. The van der Waals surface area contributed by atoms with Crippen LogP contribution in [0.3, 0.4) is 0 Å². The van der Waals surface area contributed by atoms with Crippen molar-refractivity contribution >= 4 is 6.09 Å². The van der Waals surface area contributed by atoms with Crippen LogP contribution in [0.25, 0.3) is 0 Å². The van der Waals surface area contributed by atoms with E-state index in [-0.39, 0.29) is 12.7 Å². The van der Waals surface area contributed by atoms with E-state index in [0.717, 1.165) is 11.1 Å². The smallest absolute Gasteiger partial charge is 0.410 e. The van der Waals surface area contributed by atoms with E-state index in [0.29, 0.717) is 25.4 Å². The van der Waals surface area contributed by atoms with Crippen molar-refractivity contribution in [3.8, 4) is 0 Å². The van der Waals surface area contributed by atoms with Crippen LogP contribution in [0.5, 0.6) is 0 Å². The number of ether oxygens (including phenoxy) is 1. The van der Waals surface area contributed by atoms with Crippen LogP contribution in [-0.2, 0) is 17.7 Å². The highest BCUT2D eigenvalue weighted by atomic mass is 16.6. The lowest BCUT2D eigenvalue weighted by Gasteiger charge is -2.28. The highest BCUT2D eigenvalue weighted by molar-refractivity contribution is 5.68. The summed E-state index contributed by atoms with van der Waals surface area (Å²) < 4.78 is 5.50. The van der Waals surface area contributed by atoms with Crippen molar-refractivity contribution in [2.24, 2.45) is 5.92 Å². The summed E-state index contributed by atoms with van der Waals surface area (Å²) in [5.74, 6) is 0.369. The Morgan fingerprint density at radius 3 is 2.45 bits per heavy atom. The van der Waals surface area contributed by atoms with Crippen LogP contribution in [0.1, 0.15) is 45.7 Å². The van der Waals surface area contributed by atoms with Gasteiger partial charge >= 0.3 is 6.09 Å². The molecular formula is C18H29NO3. The summed E-state index contributed by atoms with van der Waals surface area (Å²) in [6.07, 6.45) is 0.346. The molecule has 1 N–H and O–H groups in total. The third-order valence-corrected chi connectivity index (χ3v) is 3.00. The number of aliphatic hydroxyl groups excluding tert-OH is 1. The van der Waals surface area contributed by atoms with Crippen LogP contribution in [0.4, 0.5) is 4.79 Å². The quantitative estimate of drug-likeness (QED) is 0.873. The molecule has 0 aliphatic carbocycles. The first-order valence-corrected chi connectivity index (χ1v) is 7.88. The molecule has 1 aromatic carbocycles. The summed E-state index contributed by atoms with van der Waals surface area (Å²) in [6, 6.07) is 7.98. The molecule has 0 aliphatic heterocycles. The molecule has 4 nitrogen and oxygen atoms in total. The lowest BCUT2D eigenvalue weighted by Crippen LogP contribution is -2.38. The van der Waals surface area contributed by atoms with E-state index in [2.05, 4.69) is 13.8 Å².